The number of nitrogens with one attached hydrogen (secondary N) is 2. The molecule has 0 bridgehead atoms. The molecule has 7 heteroatoms. The SMILES string of the molecule is CNC[C@@H]1CCN(C(=O)c2cccnc2Nc2ccc(Cl)c(Cl)c2)C1. The Morgan fingerprint density at radius 2 is 2.16 bits per heavy atom. The molecule has 1 aromatic heterocycles. The van der Waals surface area contributed by atoms with Gasteiger partial charge in [-0.1, -0.05) is 23.2 Å². The molecule has 5 nitrogen and oxygen atoms in total. The quantitative estimate of drug-likeness (QED) is 0.830. The van der Waals surface area contributed by atoms with Gasteiger partial charge in [-0.2, -0.15) is 0 Å². The van der Waals surface area contributed by atoms with Gasteiger partial charge >= 0.3 is 0 Å². The largest absolute Gasteiger partial charge is 0.340 e. The third-order valence-electron chi connectivity index (χ3n) is 4.29. The molecular formula is C18H20Cl2N4O. The van der Waals surface area contributed by atoms with Gasteiger partial charge in [-0.25, -0.2) is 4.98 Å². The lowest BCUT2D eigenvalue weighted by atomic mass is 10.1. The van der Waals surface area contributed by atoms with Crippen LogP contribution >= 0.6 is 23.2 Å². The number of likely N-dealkylation sites (tertiary alicyclic amines) is 1. The summed E-state index contributed by atoms with van der Waals surface area (Å²) in [7, 11) is 1.94. The van der Waals surface area contributed by atoms with Gasteiger partial charge in [0.15, 0.2) is 0 Å². The molecule has 132 valence electrons. The highest BCUT2D eigenvalue weighted by Gasteiger charge is 2.28. The van der Waals surface area contributed by atoms with Crippen molar-refractivity contribution < 1.29 is 4.79 Å². The van der Waals surface area contributed by atoms with E-state index in [0.717, 1.165) is 31.7 Å². The highest BCUT2D eigenvalue weighted by molar-refractivity contribution is 6.42. The summed E-state index contributed by atoms with van der Waals surface area (Å²) in [6.45, 7) is 2.46. The molecule has 25 heavy (non-hydrogen) atoms. The van der Waals surface area contributed by atoms with E-state index in [1.165, 1.54) is 0 Å². The Morgan fingerprint density at radius 1 is 1.32 bits per heavy atom. The average Bonchev–Trinajstić information content (AvgIpc) is 3.07. The van der Waals surface area contributed by atoms with E-state index in [-0.39, 0.29) is 5.91 Å². The maximum Gasteiger partial charge on any atom is 0.257 e. The Labute approximate surface area is 157 Å². The van der Waals surface area contributed by atoms with Crippen molar-refractivity contribution in [2.75, 3.05) is 32.0 Å². The number of benzene rings is 1. The van der Waals surface area contributed by atoms with Crippen molar-refractivity contribution >= 4 is 40.6 Å². The normalized spacial score (nSPS) is 16.9. The van der Waals surface area contributed by atoms with Gasteiger partial charge < -0.3 is 15.5 Å². The number of pyridine rings is 1. The molecule has 0 aliphatic carbocycles. The second-order valence-corrected chi connectivity index (χ2v) is 6.93. The Bertz CT molecular complexity index is 768. The molecule has 0 unspecified atom stereocenters. The van der Waals surface area contributed by atoms with E-state index >= 15 is 0 Å². The maximum absolute atomic E-state index is 12.9. The van der Waals surface area contributed by atoms with Crippen LogP contribution in [0.2, 0.25) is 10.0 Å². The number of aromatic nitrogens is 1. The van der Waals surface area contributed by atoms with Crippen molar-refractivity contribution in [2.45, 2.75) is 6.42 Å². The molecule has 3 rings (SSSR count). The highest BCUT2D eigenvalue weighted by atomic mass is 35.5. The van der Waals surface area contributed by atoms with Crippen LogP contribution in [0.15, 0.2) is 36.5 Å². The summed E-state index contributed by atoms with van der Waals surface area (Å²) in [5.41, 5.74) is 1.29. The van der Waals surface area contributed by atoms with Gasteiger partial charge in [0.05, 0.1) is 15.6 Å². The fraction of sp³-hybridized carbons (Fsp3) is 0.333. The first-order chi connectivity index (χ1) is 12.1. The second-order valence-electron chi connectivity index (χ2n) is 6.12. The number of amides is 1. The molecule has 0 radical (unpaired) electrons. The van der Waals surface area contributed by atoms with Crippen LogP contribution < -0.4 is 10.6 Å². The van der Waals surface area contributed by atoms with Crippen molar-refractivity contribution in [2.24, 2.45) is 5.92 Å². The van der Waals surface area contributed by atoms with Crippen molar-refractivity contribution in [1.29, 1.82) is 0 Å². The Balaban J connectivity index is 1.78. The third-order valence-corrected chi connectivity index (χ3v) is 5.03. The number of carbonyl (C=O) groups is 1. The number of nitrogens with zero attached hydrogens (tertiary/aromatic N) is 2. The summed E-state index contributed by atoms with van der Waals surface area (Å²) >= 11 is 12.0. The molecule has 1 atom stereocenters. The lowest BCUT2D eigenvalue weighted by Gasteiger charge is -2.18. The van der Waals surface area contributed by atoms with Gasteiger partial charge in [-0.3, -0.25) is 4.79 Å². The summed E-state index contributed by atoms with van der Waals surface area (Å²) < 4.78 is 0. The van der Waals surface area contributed by atoms with Crippen LogP contribution in [0.3, 0.4) is 0 Å². The molecular weight excluding hydrogens is 359 g/mol. The molecule has 1 fully saturated rings. The molecule has 0 saturated carbocycles. The van der Waals surface area contributed by atoms with Crippen LogP contribution in [-0.4, -0.2) is 42.5 Å². The molecule has 2 heterocycles. The fourth-order valence-electron chi connectivity index (χ4n) is 3.03. The van der Waals surface area contributed by atoms with Crippen LogP contribution in [0.25, 0.3) is 0 Å². The van der Waals surface area contributed by atoms with E-state index in [4.69, 9.17) is 23.2 Å². The van der Waals surface area contributed by atoms with Crippen molar-refractivity contribution in [1.82, 2.24) is 15.2 Å². The van der Waals surface area contributed by atoms with E-state index in [1.54, 1.807) is 36.5 Å². The van der Waals surface area contributed by atoms with Crippen molar-refractivity contribution in [3.05, 3.63) is 52.1 Å². The summed E-state index contributed by atoms with van der Waals surface area (Å²) in [5.74, 6) is 1.01. The number of rotatable bonds is 5. The van der Waals surface area contributed by atoms with Gasteiger partial charge in [0.2, 0.25) is 0 Å². The summed E-state index contributed by atoms with van der Waals surface area (Å²) in [5, 5.41) is 7.28. The minimum atomic E-state index is -0.00531. The fourth-order valence-corrected chi connectivity index (χ4v) is 3.33. The van der Waals surface area contributed by atoms with E-state index in [1.807, 2.05) is 11.9 Å². The summed E-state index contributed by atoms with van der Waals surface area (Å²) in [6, 6.07) is 8.79. The lowest BCUT2D eigenvalue weighted by Crippen LogP contribution is -2.31. The number of hydrogen-bond donors (Lipinski definition) is 2. The van der Waals surface area contributed by atoms with E-state index in [2.05, 4.69) is 15.6 Å². The predicted molar refractivity (Wildman–Crippen MR) is 102 cm³/mol. The standard InChI is InChI=1S/C18H20Cl2N4O/c1-21-10-12-6-8-24(11-12)18(25)14-3-2-7-22-17(14)23-13-4-5-15(19)16(20)9-13/h2-5,7,9,12,21H,6,8,10-11H2,1H3,(H,22,23)/t12-/m0/s1. The minimum Gasteiger partial charge on any atom is -0.340 e. The Kier molecular flexibility index (Phi) is 5.78. The zero-order valence-electron chi connectivity index (χ0n) is 13.9. The average molecular weight is 379 g/mol. The zero-order valence-corrected chi connectivity index (χ0v) is 15.4. The molecule has 1 aliphatic heterocycles. The Hall–Kier alpha value is -1.82. The topological polar surface area (TPSA) is 57.3 Å². The second kappa shape index (κ2) is 8.04. The van der Waals surface area contributed by atoms with Gasteiger partial charge in [0.25, 0.3) is 5.91 Å². The van der Waals surface area contributed by atoms with Crippen LogP contribution in [-0.2, 0) is 0 Å². The molecule has 2 aromatic rings. The molecule has 0 spiro atoms. The van der Waals surface area contributed by atoms with Crippen molar-refractivity contribution in [3.8, 4) is 0 Å². The maximum atomic E-state index is 12.9. The number of halogens is 2. The van der Waals surface area contributed by atoms with Crippen LogP contribution in [0.1, 0.15) is 16.8 Å². The number of carbonyl (C=O) groups excluding carboxylic acids is 1. The van der Waals surface area contributed by atoms with Gasteiger partial charge in [-0.05, 0) is 56.3 Å². The first-order valence-corrected chi connectivity index (χ1v) is 8.95. The van der Waals surface area contributed by atoms with Gasteiger partial charge in [-0.15, -0.1) is 0 Å². The Morgan fingerprint density at radius 3 is 2.92 bits per heavy atom. The zero-order chi connectivity index (χ0) is 17.8. The lowest BCUT2D eigenvalue weighted by molar-refractivity contribution is 0.0788. The molecule has 1 aromatic carbocycles. The molecule has 2 N–H and O–H groups in total. The number of anilines is 2. The van der Waals surface area contributed by atoms with E-state index < -0.39 is 0 Å². The summed E-state index contributed by atoms with van der Waals surface area (Å²) in [6.07, 6.45) is 2.67. The van der Waals surface area contributed by atoms with Crippen LogP contribution in [0.4, 0.5) is 11.5 Å². The smallest absolute Gasteiger partial charge is 0.257 e. The predicted octanol–water partition coefficient (Wildman–Crippen LogP) is 3.81. The monoisotopic (exact) mass is 378 g/mol. The van der Waals surface area contributed by atoms with Crippen LogP contribution in [0.5, 0.6) is 0 Å². The first kappa shape index (κ1) is 18.0. The third kappa shape index (κ3) is 4.24. The van der Waals surface area contributed by atoms with Gasteiger partial charge in [0.1, 0.15) is 5.82 Å². The molecule has 1 amide bonds. The van der Waals surface area contributed by atoms with E-state index in [9.17, 15) is 4.79 Å². The summed E-state index contributed by atoms with van der Waals surface area (Å²) in [4.78, 5) is 19.1. The minimum absolute atomic E-state index is 0.00531. The number of hydrogen-bond acceptors (Lipinski definition) is 4. The molecule has 1 saturated heterocycles. The highest BCUT2D eigenvalue weighted by Crippen LogP contribution is 2.28. The molecule has 1 aliphatic rings. The van der Waals surface area contributed by atoms with Crippen molar-refractivity contribution in [3.63, 3.8) is 0 Å². The van der Waals surface area contributed by atoms with Gasteiger partial charge in [0, 0.05) is 25.0 Å². The first-order valence-electron chi connectivity index (χ1n) is 8.19. The van der Waals surface area contributed by atoms with E-state index in [0.29, 0.717) is 27.3 Å². The van der Waals surface area contributed by atoms with Crippen LogP contribution in [0, 0.1) is 5.92 Å².